The molecule has 3 heterocycles. The van der Waals surface area contributed by atoms with E-state index < -0.39 is 0 Å². The molecule has 1 aliphatic rings. The summed E-state index contributed by atoms with van der Waals surface area (Å²) >= 11 is 6.31. The van der Waals surface area contributed by atoms with Gasteiger partial charge in [0.1, 0.15) is 0 Å². The zero-order chi connectivity index (χ0) is 23.9. The van der Waals surface area contributed by atoms with Crippen LogP contribution in [0.5, 0.6) is 0 Å². The van der Waals surface area contributed by atoms with Gasteiger partial charge in [-0.15, -0.1) is 10.2 Å². The minimum atomic E-state index is -0.0476. The molecule has 2 aromatic heterocycles. The predicted molar refractivity (Wildman–Crippen MR) is 138 cm³/mol. The maximum atomic E-state index is 13.2. The Morgan fingerprint density at radius 2 is 1.66 bits per heavy atom. The number of carbonyl (C=O) groups is 1. The van der Waals surface area contributed by atoms with Crippen LogP contribution in [0.1, 0.15) is 17.3 Å². The van der Waals surface area contributed by atoms with Crippen LogP contribution in [-0.2, 0) is 0 Å². The summed E-state index contributed by atoms with van der Waals surface area (Å²) in [7, 11) is 0. The number of anilines is 1. The molecule has 0 radical (unpaired) electrons. The molecule has 1 amide bonds. The fraction of sp³-hybridized carbons (Fsp3) is 0.185. The molecule has 8 heteroatoms. The van der Waals surface area contributed by atoms with Crippen molar-refractivity contribution in [2.75, 3.05) is 24.5 Å². The number of hydrogen-bond donors (Lipinski definition) is 0. The van der Waals surface area contributed by atoms with Gasteiger partial charge in [-0.05, 0) is 31.2 Å². The van der Waals surface area contributed by atoms with Crippen molar-refractivity contribution in [2.45, 2.75) is 13.0 Å². The van der Waals surface area contributed by atoms with Crippen molar-refractivity contribution in [1.82, 2.24) is 24.5 Å². The highest BCUT2D eigenvalue weighted by molar-refractivity contribution is 6.33. The first-order valence-electron chi connectivity index (χ1n) is 11.6. The first-order valence-corrected chi connectivity index (χ1v) is 12.0. The molecule has 1 saturated heterocycles. The zero-order valence-electron chi connectivity index (χ0n) is 19.2. The van der Waals surface area contributed by atoms with E-state index in [0.29, 0.717) is 30.2 Å². The second kappa shape index (κ2) is 8.67. The van der Waals surface area contributed by atoms with E-state index >= 15 is 0 Å². The predicted octanol–water partition coefficient (Wildman–Crippen LogP) is 4.95. The van der Waals surface area contributed by atoms with Gasteiger partial charge >= 0.3 is 0 Å². The molecule has 6 rings (SSSR count). The SMILES string of the molecule is CC1CN(c2nc3ccccc3c3nnc(-c4ccccc4)n23)CCN1C(=O)c1ccccc1Cl. The van der Waals surface area contributed by atoms with Gasteiger partial charge in [0, 0.05) is 36.6 Å². The van der Waals surface area contributed by atoms with Crippen LogP contribution >= 0.6 is 11.6 Å². The summed E-state index contributed by atoms with van der Waals surface area (Å²) in [6, 6.07) is 25.2. The van der Waals surface area contributed by atoms with E-state index in [1.54, 1.807) is 12.1 Å². The van der Waals surface area contributed by atoms with Crippen LogP contribution in [-0.4, -0.2) is 56.1 Å². The van der Waals surface area contributed by atoms with Crippen molar-refractivity contribution in [3.8, 4) is 11.4 Å². The molecule has 0 spiro atoms. The van der Waals surface area contributed by atoms with E-state index in [1.807, 2.05) is 76.0 Å². The molecule has 7 nitrogen and oxygen atoms in total. The number of para-hydroxylation sites is 1. The van der Waals surface area contributed by atoms with Gasteiger partial charge < -0.3 is 9.80 Å². The zero-order valence-corrected chi connectivity index (χ0v) is 19.9. The van der Waals surface area contributed by atoms with Crippen molar-refractivity contribution < 1.29 is 4.79 Å². The molecule has 174 valence electrons. The molecule has 0 N–H and O–H groups in total. The number of hydrogen-bond acceptors (Lipinski definition) is 5. The summed E-state index contributed by atoms with van der Waals surface area (Å²) in [6.07, 6.45) is 0. The minimum Gasteiger partial charge on any atom is -0.338 e. The van der Waals surface area contributed by atoms with Crippen molar-refractivity contribution in [1.29, 1.82) is 0 Å². The van der Waals surface area contributed by atoms with Crippen LogP contribution in [0.4, 0.5) is 5.95 Å². The smallest absolute Gasteiger partial charge is 0.255 e. The lowest BCUT2D eigenvalue weighted by Crippen LogP contribution is -2.54. The van der Waals surface area contributed by atoms with Crippen molar-refractivity contribution in [3.05, 3.63) is 89.4 Å². The molecule has 0 saturated carbocycles. The molecular weight excluding hydrogens is 460 g/mol. The van der Waals surface area contributed by atoms with Gasteiger partial charge in [0.15, 0.2) is 11.5 Å². The molecule has 35 heavy (non-hydrogen) atoms. The first kappa shape index (κ1) is 21.6. The second-order valence-electron chi connectivity index (χ2n) is 8.75. The van der Waals surface area contributed by atoms with Crippen LogP contribution < -0.4 is 4.90 Å². The molecule has 1 unspecified atom stereocenters. The van der Waals surface area contributed by atoms with Gasteiger partial charge in [-0.3, -0.25) is 4.79 Å². The van der Waals surface area contributed by atoms with E-state index in [0.717, 1.165) is 33.9 Å². The topological polar surface area (TPSA) is 66.6 Å². The number of benzene rings is 3. The average molecular weight is 483 g/mol. The Bertz CT molecular complexity index is 1550. The third kappa shape index (κ3) is 3.68. The summed E-state index contributed by atoms with van der Waals surface area (Å²) < 4.78 is 2.04. The number of carbonyl (C=O) groups excluding carboxylic acids is 1. The van der Waals surface area contributed by atoms with Gasteiger partial charge in [0.05, 0.1) is 16.1 Å². The normalized spacial score (nSPS) is 16.2. The molecule has 1 atom stereocenters. The minimum absolute atomic E-state index is 0.0347. The second-order valence-corrected chi connectivity index (χ2v) is 9.16. The Balaban J connectivity index is 1.41. The van der Waals surface area contributed by atoms with Gasteiger partial charge in [-0.1, -0.05) is 66.2 Å². The van der Waals surface area contributed by atoms with Crippen LogP contribution in [0.3, 0.4) is 0 Å². The van der Waals surface area contributed by atoms with E-state index in [2.05, 4.69) is 22.0 Å². The largest absolute Gasteiger partial charge is 0.338 e. The Morgan fingerprint density at radius 1 is 0.914 bits per heavy atom. The van der Waals surface area contributed by atoms with Gasteiger partial charge in [-0.25, -0.2) is 9.38 Å². The van der Waals surface area contributed by atoms with Crippen LogP contribution in [0.25, 0.3) is 27.9 Å². The Kier molecular flexibility index (Phi) is 5.34. The molecule has 0 aliphatic carbocycles. The van der Waals surface area contributed by atoms with Crippen LogP contribution in [0.2, 0.25) is 5.02 Å². The Hall–Kier alpha value is -3.97. The molecular formula is C27H23ClN6O. The molecule has 3 aromatic carbocycles. The number of aromatic nitrogens is 4. The first-order chi connectivity index (χ1) is 17.1. The Labute approximate surface area is 207 Å². The summed E-state index contributed by atoms with van der Waals surface area (Å²) in [5.74, 6) is 1.48. The lowest BCUT2D eigenvalue weighted by Gasteiger charge is -2.40. The Morgan fingerprint density at radius 3 is 2.46 bits per heavy atom. The van der Waals surface area contributed by atoms with E-state index in [9.17, 15) is 4.79 Å². The highest BCUT2D eigenvalue weighted by Gasteiger charge is 2.31. The number of rotatable bonds is 3. The van der Waals surface area contributed by atoms with E-state index in [1.165, 1.54) is 0 Å². The summed E-state index contributed by atoms with van der Waals surface area (Å²) in [6.45, 7) is 3.88. The van der Waals surface area contributed by atoms with Crippen LogP contribution in [0, 0.1) is 0 Å². The third-order valence-corrected chi connectivity index (χ3v) is 6.87. The van der Waals surface area contributed by atoms with E-state index in [-0.39, 0.29) is 11.9 Å². The van der Waals surface area contributed by atoms with Crippen LogP contribution in [0.15, 0.2) is 78.9 Å². The lowest BCUT2D eigenvalue weighted by atomic mass is 10.1. The summed E-state index contributed by atoms with van der Waals surface area (Å²) in [5, 5.41) is 10.5. The number of fused-ring (bicyclic) bond motifs is 3. The number of piperazine rings is 1. The lowest BCUT2D eigenvalue weighted by molar-refractivity contribution is 0.0673. The fourth-order valence-electron chi connectivity index (χ4n) is 4.78. The van der Waals surface area contributed by atoms with E-state index in [4.69, 9.17) is 16.6 Å². The molecule has 1 fully saturated rings. The third-order valence-electron chi connectivity index (χ3n) is 6.54. The standard InChI is InChI=1S/C27H23ClN6O/c1-18-17-32(15-16-33(18)26(35)20-11-5-7-13-22(20)28)27-29-23-14-8-6-12-21(23)25-31-30-24(34(25)27)19-9-3-2-4-10-19/h2-14,18H,15-17H2,1H3. The monoisotopic (exact) mass is 482 g/mol. The number of amides is 1. The molecule has 0 bridgehead atoms. The molecule has 1 aliphatic heterocycles. The average Bonchev–Trinajstić information content (AvgIpc) is 3.34. The summed E-state index contributed by atoms with van der Waals surface area (Å²) in [4.78, 5) is 22.4. The van der Waals surface area contributed by atoms with Crippen molar-refractivity contribution in [2.24, 2.45) is 0 Å². The van der Waals surface area contributed by atoms with Gasteiger partial charge in [0.25, 0.3) is 5.91 Å². The molecule has 5 aromatic rings. The maximum absolute atomic E-state index is 13.2. The maximum Gasteiger partial charge on any atom is 0.255 e. The van der Waals surface area contributed by atoms with Gasteiger partial charge in [0.2, 0.25) is 5.95 Å². The summed E-state index contributed by atoms with van der Waals surface area (Å²) in [5.41, 5.74) is 3.14. The number of halogens is 1. The quantitative estimate of drug-likeness (QED) is 0.364. The highest BCUT2D eigenvalue weighted by atomic mass is 35.5. The number of nitrogens with zero attached hydrogens (tertiary/aromatic N) is 6. The fourth-order valence-corrected chi connectivity index (χ4v) is 5.00. The van der Waals surface area contributed by atoms with Crippen molar-refractivity contribution in [3.63, 3.8) is 0 Å². The van der Waals surface area contributed by atoms with Crippen molar-refractivity contribution >= 4 is 40.0 Å². The highest BCUT2D eigenvalue weighted by Crippen LogP contribution is 2.30. The van der Waals surface area contributed by atoms with Gasteiger partial charge in [-0.2, -0.15) is 0 Å².